The third-order valence-electron chi connectivity index (χ3n) is 1.41. The number of hydrogen-bond donors (Lipinski definition) is 2. The van der Waals surface area contributed by atoms with Crippen LogP contribution in [0.15, 0.2) is 23.4 Å². The molecule has 0 aliphatic heterocycles. The van der Waals surface area contributed by atoms with Gasteiger partial charge in [-0.2, -0.15) is 0 Å². The van der Waals surface area contributed by atoms with Gasteiger partial charge in [0.05, 0.1) is 0 Å². The first-order valence-electron chi connectivity index (χ1n) is 3.67. The molecule has 0 atom stereocenters. The zero-order valence-electron chi connectivity index (χ0n) is 7.08. The second-order valence-corrected chi connectivity index (χ2v) is 2.46. The van der Waals surface area contributed by atoms with Gasteiger partial charge in [-0.05, 0) is 12.1 Å². The molecular formula is C8H8F2N2O2. The number of oxime groups is 1. The van der Waals surface area contributed by atoms with Gasteiger partial charge in [-0.1, -0.05) is 5.16 Å². The van der Waals surface area contributed by atoms with Gasteiger partial charge >= 0.3 is 0 Å². The Morgan fingerprint density at radius 3 is 2.71 bits per heavy atom. The number of benzene rings is 1. The van der Waals surface area contributed by atoms with E-state index in [1.165, 1.54) is 6.07 Å². The molecular weight excluding hydrogens is 194 g/mol. The number of halogens is 2. The molecule has 0 aliphatic carbocycles. The van der Waals surface area contributed by atoms with Crippen LogP contribution in [-0.2, 0) is 0 Å². The van der Waals surface area contributed by atoms with Crippen LogP contribution >= 0.6 is 0 Å². The quantitative estimate of drug-likeness (QED) is 0.333. The van der Waals surface area contributed by atoms with Gasteiger partial charge in [-0.25, -0.2) is 8.78 Å². The van der Waals surface area contributed by atoms with Crippen molar-refractivity contribution in [2.45, 2.75) is 0 Å². The molecule has 1 aromatic carbocycles. The van der Waals surface area contributed by atoms with Gasteiger partial charge in [0.1, 0.15) is 12.4 Å². The minimum Gasteiger partial charge on any atom is -0.485 e. The van der Waals surface area contributed by atoms with E-state index in [1.807, 2.05) is 0 Å². The van der Waals surface area contributed by atoms with Gasteiger partial charge in [0, 0.05) is 6.07 Å². The molecule has 0 fully saturated rings. The van der Waals surface area contributed by atoms with Crippen molar-refractivity contribution in [1.82, 2.24) is 0 Å². The second kappa shape index (κ2) is 4.40. The van der Waals surface area contributed by atoms with Crippen molar-refractivity contribution in [3.05, 3.63) is 29.8 Å². The van der Waals surface area contributed by atoms with Crippen LogP contribution in [0.3, 0.4) is 0 Å². The number of hydrogen-bond acceptors (Lipinski definition) is 3. The maximum Gasteiger partial charge on any atom is 0.177 e. The van der Waals surface area contributed by atoms with E-state index < -0.39 is 11.6 Å². The van der Waals surface area contributed by atoms with E-state index in [4.69, 9.17) is 15.7 Å². The van der Waals surface area contributed by atoms with Crippen LogP contribution in [0.5, 0.6) is 5.75 Å². The number of nitrogens with zero attached hydrogens (tertiary/aromatic N) is 1. The van der Waals surface area contributed by atoms with Gasteiger partial charge in [-0.15, -0.1) is 0 Å². The summed E-state index contributed by atoms with van der Waals surface area (Å²) in [5.41, 5.74) is 5.10. The first kappa shape index (κ1) is 10.2. The average Bonchev–Trinajstić information content (AvgIpc) is 2.19. The predicted octanol–water partition coefficient (Wildman–Crippen LogP) is 1.09. The van der Waals surface area contributed by atoms with E-state index >= 15 is 0 Å². The Morgan fingerprint density at radius 2 is 2.14 bits per heavy atom. The average molecular weight is 202 g/mol. The molecule has 0 saturated heterocycles. The number of amidine groups is 1. The first-order chi connectivity index (χ1) is 6.63. The summed E-state index contributed by atoms with van der Waals surface area (Å²) in [5.74, 6) is -2.02. The number of nitrogens with two attached hydrogens (primary N) is 1. The summed E-state index contributed by atoms with van der Waals surface area (Å²) in [5, 5.41) is 10.8. The maximum atomic E-state index is 12.6. The highest BCUT2D eigenvalue weighted by molar-refractivity contribution is 5.81. The van der Waals surface area contributed by atoms with Gasteiger partial charge in [0.25, 0.3) is 0 Å². The molecule has 0 radical (unpaired) electrons. The Bertz CT molecular complexity index is 355. The van der Waals surface area contributed by atoms with Crippen molar-refractivity contribution in [3.63, 3.8) is 0 Å². The molecule has 0 amide bonds. The fourth-order valence-electron chi connectivity index (χ4n) is 0.753. The molecule has 76 valence electrons. The summed E-state index contributed by atoms with van der Waals surface area (Å²) in [6, 6.07) is 3.04. The summed E-state index contributed by atoms with van der Waals surface area (Å²) in [6.07, 6.45) is 0. The molecule has 1 rings (SSSR count). The normalized spacial score (nSPS) is 11.4. The fourth-order valence-corrected chi connectivity index (χ4v) is 0.753. The van der Waals surface area contributed by atoms with E-state index in [2.05, 4.69) is 5.16 Å². The van der Waals surface area contributed by atoms with Gasteiger partial charge in [0.2, 0.25) is 0 Å². The molecule has 1 aromatic rings. The van der Waals surface area contributed by atoms with Crippen LogP contribution in [-0.4, -0.2) is 17.6 Å². The van der Waals surface area contributed by atoms with E-state index in [9.17, 15) is 8.78 Å². The first-order valence-corrected chi connectivity index (χ1v) is 3.67. The maximum absolute atomic E-state index is 12.6. The molecule has 0 aromatic heterocycles. The van der Waals surface area contributed by atoms with Crippen LogP contribution in [0.1, 0.15) is 0 Å². The zero-order valence-corrected chi connectivity index (χ0v) is 7.08. The SMILES string of the molecule is N/C(COc1ccc(F)c(F)c1)=N\O. The highest BCUT2D eigenvalue weighted by Gasteiger charge is 2.03. The molecule has 0 aliphatic rings. The number of rotatable bonds is 3. The molecule has 0 bridgehead atoms. The zero-order chi connectivity index (χ0) is 10.6. The van der Waals surface area contributed by atoms with Crippen molar-refractivity contribution in [1.29, 1.82) is 0 Å². The molecule has 3 N–H and O–H groups in total. The molecule has 14 heavy (non-hydrogen) atoms. The summed E-state index contributed by atoms with van der Waals surface area (Å²) in [4.78, 5) is 0. The van der Waals surface area contributed by atoms with Gasteiger partial charge in [-0.3, -0.25) is 0 Å². The highest BCUT2D eigenvalue weighted by Crippen LogP contribution is 2.14. The third-order valence-corrected chi connectivity index (χ3v) is 1.41. The van der Waals surface area contributed by atoms with Crippen LogP contribution in [0.4, 0.5) is 8.78 Å². The second-order valence-electron chi connectivity index (χ2n) is 2.46. The van der Waals surface area contributed by atoms with Crippen molar-refractivity contribution in [2.24, 2.45) is 10.9 Å². The topological polar surface area (TPSA) is 67.8 Å². The van der Waals surface area contributed by atoms with Crippen LogP contribution in [0.25, 0.3) is 0 Å². The minimum absolute atomic E-state index is 0.107. The van der Waals surface area contributed by atoms with Crippen molar-refractivity contribution in [3.8, 4) is 5.75 Å². The molecule has 0 heterocycles. The summed E-state index contributed by atoms with van der Waals surface area (Å²) >= 11 is 0. The Kier molecular flexibility index (Phi) is 3.22. The van der Waals surface area contributed by atoms with Crippen molar-refractivity contribution in [2.75, 3.05) is 6.61 Å². The van der Waals surface area contributed by atoms with Crippen LogP contribution in [0.2, 0.25) is 0 Å². The summed E-state index contributed by atoms with van der Waals surface area (Å²) in [7, 11) is 0. The van der Waals surface area contributed by atoms with E-state index in [0.29, 0.717) is 0 Å². The third kappa shape index (κ3) is 2.58. The van der Waals surface area contributed by atoms with Gasteiger partial charge in [0.15, 0.2) is 17.5 Å². The molecule has 4 nitrogen and oxygen atoms in total. The summed E-state index contributed by atoms with van der Waals surface area (Å²) < 4.78 is 29.9. The monoisotopic (exact) mass is 202 g/mol. The lowest BCUT2D eigenvalue weighted by molar-refractivity contribution is 0.306. The Morgan fingerprint density at radius 1 is 1.43 bits per heavy atom. The highest BCUT2D eigenvalue weighted by atomic mass is 19.2. The lowest BCUT2D eigenvalue weighted by Crippen LogP contribution is -2.20. The van der Waals surface area contributed by atoms with E-state index in [1.54, 1.807) is 0 Å². The Labute approximate surface area is 78.6 Å². The van der Waals surface area contributed by atoms with E-state index in [0.717, 1.165) is 12.1 Å². The smallest absolute Gasteiger partial charge is 0.177 e. The standard InChI is InChI=1S/C8H8F2N2O2/c9-6-2-1-5(3-7(6)10)14-4-8(11)12-13/h1-3,13H,4H2,(H2,11,12). The molecule has 6 heteroatoms. The fraction of sp³-hybridized carbons (Fsp3) is 0.125. The van der Waals surface area contributed by atoms with Crippen LogP contribution < -0.4 is 10.5 Å². The minimum atomic E-state index is -1.01. The Balaban J connectivity index is 2.64. The number of ether oxygens (including phenoxy) is 1. The predicted molar refractivity (Wildman–Crippen MR) is 45.3 cm³/mol. The molecule has 0 spiro atoms. The van der Waals surface area contributed by atoms with E-state index in [-0.39, 0.29) is 18.2 Å². The van der Waals surface area contributed by atoms with Crippen molar-refractivity contribution < 1.29 is 18.7 Å². The molecule has 0 unspecified atom stereocenters. The van der Waals surface area contributed by atoms with Crippen molar-refractivity contribution >= 4 is 5.84 Å². The Hall–Kier alpha value is -1.85. The van der Waals surface area contributed by atoms with Gasteiger partial charge < -0.3 is 15.7 Å². The largest absolute Gasteiger partial charge is 0.485 e. The lowest BCUT2D eigenvalue weighted by Gasteiger charge is -2.04. The summed E-state index contributed by atoms with van der Waals surface area (Å²) in [6.45, 7) is -0.193. The van der Waals surface area contributed by atoms with Crippen LogP contribution in [0, 0.1) is 11.6 Å². The lowest BCUT2D eigenvalue weighted by atomic mass is 10.3. The molecule has 0 saturated carbocycles.